The first-order valence-corrected chi connectivity index (χ1v) is 9.83. The van der Waals surface area contributed by atoms with Crippen LogP contribution in [0.1, 0.15) is 12.8 Å². The van der Waals surface area contributed by atoms with E-state index in [2.05, 4.69) is 32.5 Å². The summed E-state index contributed by atoms with van der Waals surface area (Å²) in [5.41, 5.74) is 0. The molecule has 27 heavy (non-hydrogen) atoms. The lowest BCUT2D eigenvalue weighted by molar-refractivity contribution is 0.273. The molecule has 152 valence electrons. The number of hydrogen-bond donors (Lipinski definition) is 2. The van der Waals surface area contributed by atoms with Crippen LogP contribution in [0.4, 0.5) is 0 Å². The molecule has 1 saturated heterocycles. The van der Waals surface area contributed by atoms with E-state index >= 15 is 0 Å². The smallest absolute Gasteiger partial charge is 0.191 e. The Kier molecular flexibility index (Phi) is 9.79. The summed E-state index contributed by atoms with van der Waals surface area (Å²) < 4.78 is 10.9. The maximum Gasteiger partial charge on any atom is 0.191 e. The molecule has 1 aromatic carbocycles. The van der Waals surface area contributed by atoms with Crippen molar-refractivity contribution in [2.24, 2.45) is 4.99 Å². The highest BCUT2D eigenvalue weighted by Gasteiger charge is 2.11. The summed E-state index contributed by atoms with van der Waals surface area (Å²) in [6.45, 7) is 8.10. The number of aliphatic imine (C=N–C) groups is 1. The first kappa shape index (κ1) is 21.3. The fourth-order valence-corrected chi connectivity index (χ4v) is 3.06. The van der Waals surface area contributed by atoms with E-state index in [9.17, 15) is 0 Å². The van der Waals surface area contributed by atoms with Gasteiger partial charge in [0.05, 0.1) is 13.7 Å². The van der Waals surface area contributed by atoms with Gasteiger partial charge in [0.15, 0.2) is 5.96 Å². The molecule has 7 nitrogen and oxygen atoms in total. The molecule has 0 amide bonds. The Bertz CT molecular complexity index is 550. The molecule has 2 N–H and O–H groups in total. The molecule has 0 aliphatic carbocycles. The molecule has 1 aliphatic rings. The third-order valence-corrected chi connectivity index (χ3v) is 4.70. The molecule has 2 rings (SSSR count). The van der Waals surface area contributed by atoms with E-state index in [1.807, 2.05) is 24.3 Å². The molecule has 0 unspecified atom stereocenters. The standard InChI is InChI=1S/C20H35N5O2/c1-21-20(22-10-4-13-25-14-5-12-24(2)15-16-25)23-11-17-27-19-8-6-18(26-3)7-9-19/h6-9H,4-5,10-17H2,1-3H3,(H2,21,22,23). The predicted molar refractivity (Wildman–Crippen MR) is 111 cm³/mol. The molecule has 0 atom stereocenters. The van der Waals surface area contributed by atoms with Crippen molar-refractivity contribution in [2.45, 2.75) is 12.8 Å². The molecule has 1 aliphatic heterocycles. The number of rotatable bonds is 9. The van der Waals surface area contributed by atoms with Crippen molar-refractivity contribution in [3.8, 4) is 11.5 Å². The van der Waals surface area contributed by atoms with Crippen LogP contribution in [0.2, 0.25) is 0 Å². The van der Waals surface area contributed by atoms with Crippen LogP contribution in [0.5, 0.6) is 11.5 Å². The van der Waals surface area contributed by atoms with Gasteiger partial charge in [0.1, 0.15) is 18.1 Å². The molecule has 0 saturated carbocycles. The molecule has 0 spiro atoms. The van der Waals surface area contributed by atoms with Crippen LogP contribution in [-0.2, 0) is 0 Å². The monoisotopic (exact) mass is 377 g/mol. The van der Waals surface area contributed by atoms with Crippen LogP contribution in [0.15, 0.2) is 29.3 Å². The van der Waals surface area contributed by atoms with Gasteiger partial charge in [0, 0.05) is 26.7 Å². The number of methoxy groups -OCH3 is 1. The van der Waals surface area contributed by atoms with Crippen molar-refractivity contribution < 1.29 is 9.47 Å². The van der Waals surface area contributed by atoms with Gasteiger partial charge < -0.3 is 29.9 Å². The maximum atomic E-state index is 5.71. The summed E-state index contributed by atoms with van der Waals surface area (Å²) in [6.07, 6.45) is 2.38. The Hall–Kier alpha value is -1.99. The van der Waals surface area contributed by atoms with E-state index in [4.69, 9.17) is 9.47 Å². The molecule has 0 radical (unpaired) electrons. The number of nitrogens with zero attached hydrogens (tertiary/aromatic N) is 3. The van der Waals surface area contributed by atoms with Gasteiger partial charge >= 0.3 is 0 Å². The van der Waals surface area contributed by atoms with E-state index in [0.717, 1.165) is 37.0 Å². The topological polar surface area (TPSA) is 61.4 Å². The van der Waals surface area contributed by atoms with Gasteiger partial charge in [-0.2, -0.15) is 0 Å². The molecule has 0 aromatic heterocycles. The van der Waals surface area contributed by atoms with Gasteiger partial charge in [-0.3, -0.25) is 4.99 Å². The van der Waals surface area contributed by atoms with E-state index in [1.165, 1.54) is 32.6 Å². The zero-order valence-electron chi connectivity index (χ0n) is 17.0. The molecule has 1 aromatic rings. The number of guanidine groups is 1. The van der Waals surface area contributed by atoms with E-state index in [-0.39, 0.29) is 0 Å². The Labute approximate surface area is 163 Å². The second kappa shape index (κ2) is 12.4. The van der Waals surface area contributed by atoms with Crippen LogP contribution in [0.3, 0.4) is 0 Å². The van der Waals surface area contributed by atoms with E-state index in [1.54, 1.807) is 14.2 Å². The first-order valence-electron chi connectivity index (χ1n) is 9.83. The van der Waals surface area contributed by atoms with Crippen molar-refractivity contribution in [1.82, 2.24) is 20.4 Å². The Balaban J connectivity index is 1.54. The fraction of sp³-hybridized carbons (Fsp3) is 0.650. The van der Waals surface area contributed by atoms with E-state index in [0.29, 0.717) is 13.2 Å². The predicted octanol–water partition coefficient (Wildman–Crippen LogP) is 1.27. The molecular formula is C20H35N5O2. The quantitative estimate of drug-likeness (QED) is 0.384. The summed E-state index contributed by atoms with van der Waals surface area (Å²) >= 11 is 0. The minimum Gasteiger partial charge on any atom is -0.497 e. The summed E-state index contributed by atoms with van der Waals surface area (Å²) in [5, 5.41) is 6.66. The average molecular weight is 378 g/mol. The SMILES string of the molecule is CN=C(NCCCN1CCCN(C)CC1)NCCOc1ccc(OC)cc1. The second-order valence-corrected chi connectivity index (χ2v) is 6.80. The summed E-state index contributed by atoms with van der Waals surface area (Å²) in [5.74, 6) is 2.49. The largest absolute Gasteiger partial charge is 0.497 e. The van der Waals surface area contributed by atoms with Crippen LogP contribution in [0.25, 0.3) is 0 Å². The molecule has 1 heterocycles. The third-order valence-electron chi connectivity index (χ3n) is 4.70. The zero-order valence-corrected chi connectivity index (χ0v) is 17.0. The average Bonchev–Trinajstić information content (AvgIpc) is 2.91. The summed E-state index contributed by atoms with van der Waals surface area (Å²) in [4.78, 5) is 9.24. The number of nitrogens with one attached hydrogen (secondary N) is 2. The summed E-state index contributed by atoms with van der Waals surface area (Å²) in [6, 6.07) is 7.61. The fourth-order valence-electron chi connectivity index (χ4n) is 3.06. The van der Waals surface area contributed by atoms with Crippen molar-refractivity contribution in [2.75, 3.05) is 73.6 Å². The van der Waals surface area contributed by atoms with Crippen LogP contribution >= 0.6 is 0 Å². The van der Waals surface area contributed by atoms with Crippen molar-refractivity contribution >= 4 is 5.96 Å². The first-order chi connectivity index (χ1) is 13.2. The lowest BCUT2D eigenvalue weighted by atomic mass is 10.3. The van der Waals surface area contributed by atoms with Gasteiger partial charge in [-0.25, -0.2) is 0 Å². The van der Waals surface area contributed by atoms with Crippen molar-refractivity contribution in [3.05, 3.63) is 24.3 Å². The Morgan fingerprint density at radius 2 is 1.78 bits per heavy atom. The molecule has 1 fully saturated rings. The second-order valence-electron chi connectivity index (χ2n) is 6.80. The van der Waals surface area contributed by atoms with Gasteiger partial charge in [-0.05, 0) is 63.8 Å². The highest BCUT2D eigenvalue weighted by Crippen LogP contribution is 2.16. The van der Waals surface area contributed by atoms with Crippen LogP contribution < -0.4 is 20.1 Å². The zero-order chi connectivity index (χ0) is 19.3. The van der Waals surface area contributed by atoms with Crippen LogP contribution in [0, 0.1) is 0 Å². The highest BCUT2D eigenvalue weighted by atomic mass is 16.5. The number of ether oxygens (including phenoxy) is 2. The van der Waals surface area contributed by atoms with Gasteiger partial charge in [0.2, 0.25) is 0 Å². The number of hydrogen-bond acceptors (Lipinski definition) is 5. The Morgan fingerprint density at radius 1 is 1.04 bits per heavy atom. The molecule has 7 heteroatoms. The minimum atomic E-state index is 0.578. The lowest BCUT2D eigenvalue weighted by Gasteiger charge is -2.20. The van der Waals surface area contributed by atoms with Gasteiger partial charge in [0.25, 0.3) is 0 Å². The number of benzene rings is 1. The highest BCUT2D eigenvalue weighted by molar-refractivity contribution is 5.79. The lowest BCUT2D eigenvalue weighted by Crippen LogP contribution is -2.40. The van der Waals surface area contributed by atoms with Gasteiger partial charge in [-0.1, -0.05) is 0 Å². The van der Waals surface area contributed by atoms with Crippen LogP contribution in [-0.4, -0.2) is 89.4 Å². The minimum absolute atomic E-state index is 0.578. The number of likely N-dealkylation sites (N-methyl/N-ethyl adjacent to an activating group) is 1. The third kappa shape index (κ3) is 8.49. The van der Waals surface area contributed by atoms with Gasteiger partial charge in [-0.15, -0.1) is 0 Å². The normalized spacial score (nSPS) is 16.6. The summed E-state index contributed by atoms with van der Waals surface area (Å²) in [7, 11) is 5.66. The Morgan fingerprint density at radius 3 is 2.52 bits per heavy atom. The molecular weight excluding hydrogens is 342 g/mol. The molecule has 0 bridgehead atoms. The maximum absolute atomic E-state index is 5.71. The van der Waals surface area contributed by atoms with Crippen molar-refractivity contribution in [3.63, 3.8) is 0 Å². The van der Waals surface area contributed by atoms with E-state index < -0.39 is 0 Å². The van der Waals surface area contributed by atoms with Crippen molar-refractivity contribution in [1.29, 1.82) is 0 Å².